The van der Waals surface area contributed by atoms with Crippen molar-refractivity contribution in [2.24, 2.45) is 5.73 Å². The fraction of sp³-hybridized carbons (Fsp3) is 0.154. The summed E-state index contributed by atoms with van der Waals surface area (Å²) in [4.78, 5) is 4.13. The summed E-state index contributed by atoms with van der Waals surface area (Å²) in [5.41, 5.74) is 6.59. The van der Waals surface area contributed by atoms with Gasteiger partial charge in [0.15, 0.2) is 0 Å². The van der Waals surface area contributed by atoms with E-state index in [0.717, 1.165) is 28.0 Å². The van der Waals surface area contributed by atoms with Crippen molar-refractivity contribution in [2.45, 2.75) is 6.42 Å². The van der Waals surface area contributed by atoms with Crippen LogP contribution >= 0.6 is 15.9 Å². The third-order valence-corrected chi connectivity index (χ3v) is 2.73. The monoisotopic (exact) mass is 292 g/mol. The highest BCUT2D eigenvalue weighted by Crippen LogP contribution is 2.24. The third kappa shape index (κ3) is 3.54. The summed E-state index contributed by atoms with van der Waals surface area (Å²) in [7, 11) is 0. The molecule has 0 aliphatic carbocycles. The second kappa shape index (κ2) is 5.80. The number of ether oxygens (including phenoxy) is 1. The van der Waals surface area contributed by atoms with Gasteiger partial charge in [-0.2, -0.15) is 0 Å². The van der Waals surface area contributed by atoms with E-state index in [4.69, 9.17) is 10.5 Å². The van der Waals surface area contributed by atoms with Crippen LogP contribution in [0.2, 0.25) is 0 Å². The van der Waals surface area contributed by atoms with Gasteiger partial charge in [-0.1, -0.05) is 22.0 Å². The summed E-state index contributed by atoms with van der Waals surface area (Å²) in [6.45, 7) is 0.613. The molecule has 0 aliphatic rings. The molecule has 2 rings (SSSR count). The van der Waals surface area contributed by atoms with Crippen LogP contribution in [-0.2, 0) is 6.42 Å². The van der Waals surface area contributed by atoms with Crippen LogP contribution in [-0.4, -0.2) is 11.5 Å². The van der Waals surface area contributed by atoms with E-state index in [2.05, 4.69) is 20.9 Å². The Bertz CT molecular complexity index is 502. The Kier molecular flexibility index (Phi) is 4.12. The van der Waals surface area contributed by atoms with Crippen LogP contribution in [0.3, 0.4) is 0 Å². The Morgan fingerprint density at radius 2 is 2.06 bits per heavy atom. The second-order valence-electron chi connectivity index (χ2n) is 3.63. The molecular formula is C13H13BrN2O. The molecule has 0 fully saturated rings. The minimum absolute atomic E-state index is 0.613. The lowest BCUT2D eigenvalue weighted by molar-refractivity contribution is 0.479. The van der Waals surface area contributed by atoms with Gasteiger partial charge in [-0.15, -0.1) is 0 Å². The number of nitrogens with two attached hydrogens (primary N) is 1. The first-order chi connectivity index (χ1) is 8.28. The summed E-state index contributed by atoms with van der Waals surface area (Å²) in [6.07, 6.45) is 4.31. The molecule has 0 saturated carbocycles. The summed E-state index contributed by atoms with van der Waals surface area (Å²) in [6, 6.07) is 9.66. The van der Waals surface area contributed by atoms with Crippen molar-refractivity contribution in [3.63, 3.8) is 0 Å². The first kappa shape index (κ1) is 12.1. The fourth-order valence-electron chi connectivity index (χ4n) is 1.49. The van der Waals surface area contributed by atoms with Crippen molar-refractivity contribution in [3.05, 3.63) is 52.8 Å². The Morgan fingerprint density at radius 3 is 2.82 bits per heavy atom. The predicted octanol–water partition coefficient (Wildman–Crippen LogP) is 3.14. The molecule has 4 heteroatoms. The lowest BCUT2D eigenvalue weighted by Crippen LogP contribution is -2.03. The summed E-state index contributed by atoms with van der Waals surface area (Å²) < 4.78 is 6.70. The molecule has 17 heavy (non-hydrogen) atoms. The number of aromatic nitrogens is 1. The Morgan fingerprint density at radius 1 is 1.18 bits per heavy atom. The first-order valence-corrected chi connectivity index (χ1v) is 6.14. The van der Waals surface area contributed by atoms with Gasteiger partial charge in [0.25, 0.3) is 0 Å². The maximum atomic E-state index is 5.71. The number of pyridine rings is 1. The minimum atomic E-state index is 0.613. The van der Waals surface area contributed by atoms with E-state index in [9.17, 15) is 0 Å². The smallest absolute Gasteiger partial charge is 0.145 e. The standard InChI is InChI=1S/C13H13BrN2O/c14-11-2-1-3-12(7-11)17-13-6-10(4-5-15)8-16-9-13/h1-3,6-9H,4-5,15H2. The van der Waals surface area contributed by atoms with Gasteiger partial charge in [0, 0.05) is 10.7 Å². The summed E-state index contributed by atoms with van der Waals surface area (Å²) in [5, 5.41) is 0. The molecule has 0 radical (unpaired) electrons. The number of rotatable bonds is 4. The van der Waals surface area contributed by atoms with Crippen LogP contribution in [0.15, 0.2) is 47.2 Å². The van der Waals surface area contributed by atoms with E-state index < -0.39 is 0 Å². The van der Waals surface area contributed by atoms with Gasteiger partial charge < -0.3 is 10.5 Å². The van der Waals surface area contributed by atoms with Crippen LogP contribution in [0.5, 0.6) is 11.5 Å². The normalized spacial score (nSPS) is 10.2. The van der Waals surface area contributed by atoms with E-state index in [-0.39, 0.29) is 0 Å². The topological polar surface area (TPSA) is 48.1 Å². The van der Waals surface area contributed by atoms with E-state index >= 15 is 0 Å². The zero-order chi connectivity index (χ0) is 12.1. The molecule has 2 N–H and O–H groups in total. The van der Waals surface area contributed by atoms with Crippen LogP contribution in [0.1, 0.15) is 5.56 Å². The Labute approximate surface area is 109 Å². The molecule has 0 bridgehead atoms. The molecule has 2 aromatic rings. The number of halogens is 1. The van der Waals surface area contributed by atoms with Gasteiger partial charge in [-0.3, -0.25) is 4.98 Å². The van der Waals surface area contributed by atoms with Gasteiger partial charge in [0.05, 0.1) is 6.20 Å². The molecule has 0 aliphatic heterocycles. The molecule has 0 atom stereocenters. The van der Waals surface area contributed by atoms with Gasteiger partial charge in [-0.05, 0) is 42.8 Å². The highest BCUT2D eigenvalue weighted by atomic mass is 79.9. The maximum Gasteiger partial charge on any atom is 0.145 e. The van der Waals surface area contributed by atoms with Crippen molar-refractivity contribution >= 4 is 15.9 Å². The molecule has 0 amide bonds. The molecule has 0 unspecified atom stereocenters. The highest BCUT2D eigenvalue weighted by molar-refractivity contribution is 9.10. The van der Waals surface area contributed by atoms with E-state index in [0.29, 0.717) is 6.54 Å². The van der Waals surface area contributed by atoms with Crippen molar-refractivity contribution in [1.29, 1.82) is 0 Å². The molecule has 1 aromatic carbocycles. The SMILES string of the molecule is NCCc1cncc(Oc2cccc(Br)c2)c1. The second-order valence-corrected chi connectivity index (χ2v) is 4.54. The lowest BCUT2D eigenvalue weighted by Gasteiger charge is -2.06. The number of benzene rings is 1. The molecule has 1 heterocycles. The third-order valence-electron chi connectivity index (χ3n) is 2.23. The summed E-state index contributed by atoms with van der Waals surface area (Å²) >= 11 is 3.40. The van der Waals surface area contributed by atoms with Crippen LogP contribution < -0.4 is 10.5 Å². The highest BCUT2D eigenvalue weighted by Gasteiger charge is 2.00. The fourth-order valence-corrected chi connectivity index (χ4v) is 1.87. The van der Waals surface area contributed by atoms with E-state index in [1.807, 2.05) is 30.3 Å². The van der Waals surface area contributed by atoms with Gasteiger partial charge in [0.2, 0.25) is 0 Å². The molecular weight excluding hydrogens is 280 g/mol. The number of hydrogen-bond acceptors (Lipinski definition) is 3. The first-order valence-electron chi connectivity index (χ1n) is 5.35. The summed E-state index contributed by atoms with van der Waals surface area (Å²) in [5.74, 6) is 1.51. The van der Waals surface area contributed by atoms with Crippen LogP contribution in [0, 0.1) is 0 Å². The average Bonchev–Trinajstić information content (AvgIpc) is 2.30. The minimum Gasteiger partial charge on any atom is -0.456 e. The lowest BCUT2D eigenvalue weighted by atomic mass is 10.2. The molecule has 0 saturated heterocycles. The van der Waals surface area contributed by atoms with Crippen molar-refractivity contribution in [1.82, 2.24) is 4.98 Å². The quantitative estimate of drug-likeness (QED) is 0.942. The van der Waals surface area contributed by atoms with E-state index in [1.165, 1.54) is 0 Å². The average molecular weight is 293 g/mol. The maximum absolute atomic E-state index is 5.71. The van der Waals surface area contributed by atoms with Crippen LogP contribution in [0.4, 0.5) is 0 Å². The largest absolute Gasteiger partial charge is 0.456 e. The zero-order valence-electron chi connectivity index (χ0n) is 9.27. The van der Waals surface area contributed by atoms with Crippen molar-refractivity contribution in [2.75, 3.05) is 6.54 Å². The molecule has 88 valence electrons. The predicted molar refractivity (Wildman–Crippen MR) is 71.2 cm³/mol. The molecule has 3 nitrogen and oxygen atoms in total. The van der Waals surface area contributed by atoms with Crippen molar-refractivity contribution < 1.29 is 4.74 Å². The van der Waals surface area contributed by atoms with Gasteiger partial charge in [0.1, 0.15) is 11.5 Å². The van der Waals surface area contributed by atoms with Crippen LogP contribution in [0.25, 0.3) is 0 Å². The Hall–Kier alpha value is -1.39. The van der Waals surface area contributed by atoms with Gasteiger partial charge in [-0.25, -0.2) is 0 Å². The number of hydrogen-bond donors (Lipinski definition) is 1. The zero-order valence-corrected chi connectivity index (χ0v) is 10.9. The van der Waals surface area contributed by atoms with Crippen molar-refractivity contribution in [3.8, 4) is 11.5 Å². The van der Waals surface area contributed by atoms with E-state index in [1.54, 1.807) is 12.4 Å². The Balaban J connectivity index is 2.15. The number of nitrogens with zero attached hydrogens (tertiary/aromatic N) is 1. The molecule has 1 aromatic heterocycles. The molecule has 0 spiro atoms. The van der Waals surface area contributed by atoms with Gasteiger partial charge >= 0.3 is 0 Å².